The monoisotopic (exact) mass is 404 g/mol. The van der Waals surface area contributed by atoms with Crippen LogP contribution >= 0.6 is 0 Å². The van der Waals surface area contributed by atoms with Crippen LogP contribution in [0.4, 0.5) is 0 Å². The van der Waals surface area contributed by atoms with Crippen molar-refractivity contribution in [3.63, 3.8) is 0 Å². The summed E-state index contributed by atoms with van der Waals surface area (Å²) in [5.41, 5.74) is 3.38. The van der Waals surface area contributed by atoms with Gasteiger partial charge in [-0.1, -0.05) is 0 Å². The molecule has 146 valence electrons. The van der Waals surface area contributed by atoms with Gasteiger partial charge in [0.05, 0.1) is 0 Å². The molecule has 0 fully saturated rings. The van der Waals surface area contributed by atoms with Crippen molar-refractivity contribution in [2.24, 2.45) is 0 Å². The fraction of sp³-hybridized carbons (Fsp3) is 0.522. The number of fused-ring (bicyclic) bond motifs is 1. The number of hydrogen-bond acceptors (Lipinski definition) is 3. The van der Waals surface area contributed by atoms with E-state index < -0.39 is 16.6 Å². The van der Waals surface area contributed by atoms with Crippen molar-refractivity contribution in [2.75, 3.05) is 0 Å². The normalized spacial score (nSPS) is 15.6. The van der Waals surface area contributed by atoms with Crippen molar-refractivity contribution in [3.05, 3.63) is 41.0 Å². The molecule has 0 aromatic heterocycles. The number of carbonyl (C=O) groups excluding carboxylic acids is 3. The molecule has 1 aromatic rings. The Labute approximate surface area is 167 Å². The quantitative estimate of drug-likeness (QED) is 0.461. The topological polar surface area (TPSA) is 51.2 Å². The third-order valence-corrected chi connectivity index (χ3v) is 13.2. The second-order valence-corrected chi connectivity index (χ2v) is 13.5. The number of benzene rings is 1. The molecular formula is C23H32O3Ti. The minimum absolute atomic E-state index is 0.0150. The Kier molecular flexibility index (Phi) is 7.94. The first kappa shape index (κ1) is 22.0. The first-order chi connectivity index (χ1) is 13.0. The first-order valence-electron chi connectivity index (χ1n) is 10.4. The molecular weight excluding hydrogens is 372 g/mol. The van der Waals surface area contributed by atoms with Gasteiger partial charge in [-0.25, -0.2) is 0 Å². The maximum atomic E-state index is 13.5. The van der Waals surface area contributed by atoms with Gasteiger partial charge in [0.15, 0.2) is 0 Å². The molecule has 2 rings (SSSR count). The van der Waals surface area contributed by atoms with Gasteiger partial charge in [-0.2, -0.15) is 0 Å². The third kappa shape index (κ3) is 3.95. The molecule has 1 atom stereocenters. The molecule has 0 bridgehead atoms. The Morgan fingerprint density at radius 2 is 1.37 bits per heavy atom. The Morgan fingerprint density at radius 3 is 1.81 bits per heavy atom. The molecule has 0 saturated carbocycles. The van der Waals surface area contributed by atoms with E-state index in [4.69, 9.17) is 0 Å². The van der Waals surface area contributed by atoms with E-state index in [0.717, 1.165) is 17.5 Å². The minimum atomic E-state index is -4.21. The van der Waals surface area contributed by atoms with Gasteiger partial charge in [-0.3, -0.25) is 0 Å². The number of aryl methyl sites for hydroxylation is 1. The summed E-state index contributed by atoms with van der Waals surface area (Å²) >= 11 is -4.21. The van der Waals surface area contributed by atoms with Crippen molar-refractivity contribution in [1.29, 1.82) is 0 Å². The average molecular weight is 404 g/mol. The molecule has 0 spiro atoms. The summed E-state index contributed by atoms with van der Waals surface area (Å²) < 4.78 is -0.333. The molecule has 1 aliphatic rings. The summed E-state index contributed by atoms with van der Waals surface area (Å²) in [6, 6.07) is 6.12. The molecule has 1 aromatic carbocycles. The summed E-state index contributed by atoms with van der Waals surface area (Å²) in [5, 5.41) is 0. The number of carbonyl (C=O) groups is 3. The van der Waals surface area contributed by atoms with Crippen molar-refractivity contribution in [2.45, 2.75) is 76.9 Å². The fourth-order valence-electron chi connectivity index (χ4n) is 4.35. The zero-order valence-corrected chi connectivity index (χ0v) is 18.7. The summed E-state index contributed by atoms with van der Waals surface area (Å²) in [6.45, 7) is 7.96. The standard InChI is InChI=1S/C11H11.3C4H7O.Ti/c1-2-9-5-3-6-10-7-4-8-11(9)10;3*1-2-3-4-5;/h3-8H,2H2,1H3;3*2-3H2,1H3;. The van der Waals surface area contributed by atoms with Crippen LogP contribution < -0.4 is 0 Å². The summed E-state index contributed by atoms with van der Waals surface area (Å²) in [4.78, 5) is 40.4. The van der Waals surface area contributed by atoms with Gasteiger partial charge >= 0.3 is 167 Å². The van der Waals surface area contributed by atoms with Crippen LogP contribution in [-0.4, -0.2) is 12.3 Å². The molecule has 27 heavy (non-hydrogen) atoms. The van der Waals surface area contributed by atoms with Crippen molar-refractivity contribution in [1.82, 2.24) is 0 Å². The second-order valence-electron chi connectivity index (χ2n) is 7.44. The van der Waals surface area contributed by atoms with E-state index in [0.29, 0.717) is 38.5 Å². The molecule has 3 nitrogen and oxygen atoms in total. The van der Waals surface area contributed by atoms with Crippen LogP contribution in [0.25, 0.3) is 6.08 Å². The van der Waals surface area contributed by atoms with Crippen LogP contribution in [-0.2, 0) is 37.4 Å². The number of hydrogen-bond donors (Lipinski definition) is 0. The fourth-order valence-corrected chi connectivity index (χ4v) is 12.2. The predicted molar refractivity (Wildman–Crippen MR) is 107 cm³/mol. The van der Waals surface area contributed by atoms with Crippen molar-refractivity contribution in [3.8, 4) is 0 Å². The van der Waals surface area contributed by atoms with Crippen molar-refractivity contribution >= 4 is 18.3 Å². The molecule has 1 unspecified atom stereocenters. The van der Waals surface area contributed by atoms with Gasteiger partial charge in [0, 0.05) is 0 Å². The number of rotatable bonds is 11. The average Bonchev–Trinajstić information content (AvgIpc) is 3.07. The molecule has 0 N–H and O–H groups in total. The van der Waals surface area contributed by atoms with E-state index in [1.165, 1.54) is 5.56 Å². The molecule has 4 heteroatoms. The summed E-state index contributed by atoms with van der Waals surface area (Å²) in [5.74, 6) is 0. The first-order valence-corrected chi connectivity index (χ1v) is 13.6. The van der Waals surface area contributed by atoms with Crippen LogP contribution in [0.1, 0.15) is 87.1 Å². The Hall–Kier alpha value is -1.32. The summed E-state index contributed by atoms with van der Waals surface area (Å²) in [7, 11) is 0. The zero-order chi connectivity index (χ0) is 20.0. The van der Waals surface area contributed by atoms with Gasteiger partial charge in [0.1, 0.15) is 0 Å². The van der Waals surface area contributed by atoms with E-state index in [2.05, 4.69) is 19.1 Å². The molecule has 0 amide bonds. The molecule has 0 saturated heterocycles. The molecule has 0 radical (unpaired) electrons. The second kappa shape index (κ2) is 9.75. The van der Waals surface area contributed by atoms with Crippen LogP contribution in [0.3, 0.4) is 0 Å². The molecule has 1 aliphatic carbocycles. The van der Waals surface area contributed by atoms with Gasteiger partial charge < -0.3 is 0 Å². The van der Waals surface area contributed by atoms with Crippen LogP contribution in [0, 0.1) is 0 Å². The van der Waals surface area contributed by atoms with E-state index in [1.54, 1.807) is 0 Å². The van der Waals surface area contributed by atoms with E-state index in [9.17, 15) is 14.4 Å². The van der Waals surface area contributed by atoms with Gasteiger partial charge in [0.25, 0.3) is 0 Å². The molecule has 0 heterocycles. The van der Waals surface area contributed by atoms with E-state index >= 15 is 0 Å². The Bertz CT molecular complexity index is 702. The third-order valence-electron chi connectivity index (χ3n) is 5.62. The van der Waals surface area contributed by atoms with Gasteiger partial charge in [-0.05, 0) is 0 Å². The van der Waals surface area contributed by atoms with Crippen LogP contribution in [0.2, 0.25) is 0 Å². The SMILES string of the molecule is CCC[C](=O)[Ti]([C](=O)CCC)([C](=O)CCC)[CH]1C=Cc2c(CC)cccc21. The number of allylic oxidation sites excluding steroid dienone is 1. The van der Waals surface area contributed by atoms with Crippen LogP contribution in [0.15, 0.2) is 24.3 Å². The Morgan fingerprint density at radius 1 is 0.852 bits per heavy atom. The van der Waals surface area contributed by atoms with E-state index in [-0.39, 0.29) is 16.5 Å². The van der Waals surface area contributed by atoms with E-state index in [1.807, 2.05) is 39.0 Å². The predicted octanol–water partition coefficient (Wildman–Crippen LogP) is 5.45. The van der Waals surface area contributed by atoms with Gasteiger partial charge in [0.2, 0.25) is 0 Å². The molecule has 0 aliphatic heterocycles. The van der Waals surface area contributed by atoms with Crippen LogP contribution in [0.5, 0.6) is 0 Å². The van der Waals surface area contributed by atoms with Gasteiger partial charge in [-0.15, -0.1) is 0 Å². The van der Waals surface area contributed by atoms with Crippen molar-refractivity contribution < 1.29 is 31.0 Å². The zero-order valence-electron chi connectivity index (χ0n) is 17.1. The maximum absolute atomic E-state index is 13.5. The summed E-state index contributed by atoms with van der Waals surface area (Å²) in [6.07, 6.45) is 8.05. The Balaban J connectivity index is 2.70.